The Morgan fingerprint density at radius 2 is 1.81 bits per heavy atom. The van der Waals surface area contributed by atoms with Gasteiger partial charge in [-0.25, -0.2) is 4.39 Å². The Kier molecular flexibility index (Phi) is 8.48. The number of nitrogens with zero attached hydrogens (tertiary/aromatic N) is 1. The standard InChI is InChI=1S/C25H31FN2O4/c1-18(25(30)27-21-8-4-3-5-9-21)28(16-19-7-6-10-23(15-19)31-2)24(29)17-32-22-13-11-20(26)12-14-22/h6-7,10-15,18,21H,3-5,8-9,16-17H2,1-2H3,(H,27,30)/t18-/m0/s1. The molecule has 0 aliphatic heterocycles. The average molecular weight is 443 g/mol. The molecule has 172 valence electrons. The molecule has 1 N–H and O–H groups in total. The van der Waals surface area contributed by atoms with E-state index in [1.807, 2.05) is 24.3 Å². The predicted molar refractivity (Wildman–Crippen MR) is 120 cm³/mol. The zero-order valence-corrected chi connectivity index (χ0v) is 18.7. The first-order valence-corrected chi connectivity index (χ1v) is 11.1. The molecule has 1 aliphatic rings. The van der Waals surface area contributed by atoms with E-state index in [9.17, 15) is 14.0 Å². The summed E-state index contributed by atoms with van der Waals surface area (Å²) in [6.45, 7) is 1.72. The lowest BCUT2D eigenvalue weighted by Gasteiger charge is -2.31. The third kappa shape index (κ3) is 6.70. The second-order valence-electron chi connectivity index (χ2n) is 8.14. The summed E-state index contributed by atoms with van der Waals surface area (Å²) < 4.78 is 24.0. The van der Waals surface area contributed by atoms with Gasteiger partial charge in [0.05, 0.1) is 7.11 Å². The molecule has 0 radical (unpaired) electrons. The van der Waals surface area contributed by atoms with Gasteiger partial charge in [0.1, 0.15) is 23.4 Å². The van der Waals surface area contributed by atoms with Crippen LogP contribution in [-0.2, 0) is 16.1 Å². The fourth-order valence-corrected chi connectivity index (χ4v) is 3.88. The van der Waals surface area contributed by atoms with Crippen LogP contribution < -0.4 is 14.8 Å². The van der Waals surface area contributed by atoms with Gasteiger partial charge >= 0.3 is 0 Å². The number of nitrogens with one attached hydrogen (secondary N) is 1. The molecule has 2 aromatic rings. The maximum absolute atomic E-state index is 13.1. The van der Waals surface area contributed by atoms with Crippen molar-refractivity contribution in [1.82, 2.24) is 10.2 Å². The van der Waals surface area contributed by atoms with Crippen LogP contribution in [0.2, 0.25) is 0 Å². The minimum Gasteiger partial charge on any atom is -0.497 e. The molecule has 1 fully saturated rings. The fourth-order valence-electron chi connectivity index (χ4n) is 3.88. The number of carbonyl (C=O) groups excluding carboxylic acids is 2. The molecule has 7 heteroatoms. The molecule has 1 saturated carbocycles. The van der Waals surface area contributed by atoms with Crippen molar-refractivity contribution in [1.29, 1.82) is 0 Å². The monoisotopic (exact) mass is 442 g/mol. The molecular formula is C25H31FN2O4. The molecule has 32 heavy (non-hydrogen) atoms. The first-order chi connectivity index (χ1) is 15.5. The van der Waals surface area contributed by atoms with E-state index in [0.717, 1.165) is 31.2 Å². The summed E-state index contributed by atoms with van der Waals surface area (Å²) in [5.74, 6) is 0.187. The Balaban J connectivity index is 1.71. The van der Waals surface area contributed by atoms with Crippen LogP contribution in [0.3, 0.4) is 0 Å². The van der Waals surface area contributed by atoms with Crippen molar-refractivity contribution in [3.8, 4) is 11.5 Å². The number of hydrogen-bond donors (Lipinski definition) is 1. The Morgan fingerprint density at radius 3 is 2.50 bits per heavy atom. The van der Waals surface area contributed by atoms with Crippen LogP contribution in [-0.4, -0.2) is 42.5 Å². The topological polar surface area (TPSA) is 67.9 Å². The second kappa shape index (κ2) is 11.5. The molecule has 1 aliphatic carbocycles. The Bertz CT molecular complexity index is 897. The molecule has 6 nitrogen and oxygen atoms in total. The van der Waals surface area contributed by atoms with Gasteiger partial charge in [-0.1, -0.05) is 31.4 Å². The highest BCUT2D eigenvalue weighted by atomic mass is 19.1. The maximum Gasteiger partial charge on any atom is 0.261 e. The molecule has 2 aromatic carbocycles. The van der Waals surface area contributed by atoms with Crippen molar-refractivity contribution in [2.75, 3.05) is 13.7 Å². The van der Waals surface area contributed by atoms with Crippen molar-refractivity contribution >= 4 is 11.8 Å². The quantitative estimate of drug-likeness (QED) is 0.636. The number of hydrogen-bond acceptors (Lipinski definition) is 4. The van der Waals surface area contributed by atoms with Crippen LogP contribution in [0.1, 0.15) is 44.6 Å². The van der Waals surface area contributed by atoms with Gasteiger partial charge in [0.25, 0.3) is 5.91 Å². The first-order valence-electron chi connectivity index (χ1n) is 11.1. The number of benzene rings is 2. The van der Waals surface area contributed by atoms with Gasteiger partial charge < -0.3 is 19.7 Å². The number of ether oxygens (including phenoxy) is 2. The summed E-state index contributed by atoms with van der Waals surface area (Å²) >= 11 is 0. The molecule has 0 heterocycles. The van der Waals surface area contributed by atoms with E-state index >= 15 is 0 Å². The average Bonchev–Trinajstić information content (AvgIpc) is 2.82. The van der Waals surface area contributed by atoms with E-state index in [2.05, 4.69) is 5.32 Å². The van der Waals surface area contributed by atoms with Crippen molar-refractivity contribution in [3.05, 3.63) is 59.9 Å². The van der Waals surface area contributed by atoms with Gasteiger partial charge in [0, 0.05) is 12.6 Å². The molecule has 3 rings (SSSR count). The number of methoxy groups -OCH3 is 1. The molecule has 0 saturated heterocycles. The van der Waals surface area contributed by atoms with Gasteiger partial charge in [-0.3, -0.25) is 9.59 Å². The molecule has 0 unspecified atom stereocenters. The third-order valence-corrected chi connectivity index (χ3v) is 5.78. The Labute approximate surface area is 188 Å². The lowest BCUT2D eigenvalue weighted by atomic mass is 9.95. The third-order valence-electron chi connectivity index (χ3n) is 5.78. The maximum atomic E-state index is 13.1. The van der Waals surface area contributed by atoms with Crippen LogP contribution >= 0.6 is 0 Å². The van der Waals surface area contributed by atoms with E-state index in [0.29, 0.717) is 11.5 Å². The molecule has 0 bridgehead atoms. The van der Waals surface area contributed by atoms with Gasteiger partial charge in [-0.15, -0.1) is 0 Å². The van der Waals surface area contributed by atoms with Crippen LogP contribution in [0.4, 0.5) is 4.39 Å². The summed E-state index contributed by atoms with van der Waals surface area (Å²) in [5, 5.41) is 3.10. The Morgan fingerprint density at radius 1 is 1.09 bits per heavy atom. The van der Waals surface area contributed by atoms with E-state index in [1.54, 1.807) is 14.0 Å². The fraction of sp³-hybridized carbons (Fsp3) is 0.440. The van der Waals surface area contributed by atoms with Crippen molar-refractivity contribution < 1.29 is 23.5 Å². The highest BCUT2D eigenvalue weighted by Crippen LogP contribution is 2.19. The molecule has 0 aromatic heterocycles. The van der Waals surface area contributed by atoms with Crippen LogP contribution in [0, 0.1) is 5.82 Å². The van der Waals surface area contributed by atoms with E-state index < -0.39 is 6.04 Å². The molecular weight excluding hydrogens is 411 g/mol. The minimum absolute atomic E-state index is 0.155. The second-order valence-corrected chi connectivity index (χ2v) is 8.14. The summed E-state index contributed by atoms with van der Waals surface area (Å²) in [6, 6.07) is 12.4. The SMILES string of the molecule is COc1cccc(CN(C(=O)COc2ccc(F)cc2)[C@@H](C)C(=O)NC2CCCCC2)c1. The molecule has 2 amide bonds. The zero-order valence-electron chi connectivity index (χ0n) is 18.7. The van der Waals surface area contributed by atoms with Crippen LogP contribution in [0.15, 0.2) is 48.5 Å². The number of carbonyl (C=O) groups is 2. The van der Waals surface area contributed by atoms with Crippen LogP contribution in [0.25, 0.3) is 0 Å². The van der Waals surface area contributed by atoms with E-state index in [1.165, 1.54) is 35.6 Å². The highest BCUT2D eigenvalue weighted by Gasteiger charge is 2.28. The molecule has 1 atom stereocenters. The van der Waals surface area contributed by atoms with Gasteiger partial charge in [0.2, 0.25) is 5.91 Å². The van der Waals surface area contributed by atoms with Gasteiger partial charge in [-0.2, -0.15) is 0 Å². The predicted octanol–water partition coefficient (Wildman–Crippen LogP) is 4.08. The van der Waals surface area contributed by atoms with Crippen molar-refractivity contribution in [2.45, 2.75) is 57.7 Å². The summed E-state index contributed by atoms with van der Waals surface area (Å²) in [5.41, 5.74) is 0.844. The largest absolute Gasteiger partial charge is 0.497 e. The smallest absolute Gasteiger partial charge is 0.261 e. The first kappa shape index (κ1) is 23.6. The number of rotatable bonds is 9. The van der Waals surface area contributed by atoms with E-state index in [4.69, 9.17) is 9.47 Å². The van der Waals surface area contributed by atoms with Gasteiger partial charge in [0.15, 0.2) is 6.61 Å². The van der Waals surface area contributed by atoms with Gasteiger partial charge in [-0.05, 0) is 61.7 Å². The van der Waals surface area contributed by atoms with E-state index in [-0.39, 0.29) is 36.8 Å². The summed E-state index contributed by atoms with van der Waals surface area (Å²) in [6.07, 6.45) is 5.35. The number of amides is 2. The summed E-state index contributed by atoms with van der Waals surface area (Å²) in [7, 11) is 1.58. The minimum atomic E-state index is -0.674. The zero-order chi connectivity index (χ0) is 22.9. The number of halogens is 1. The van der Waals surface area contributed by atoms with Crippen molar-refractivity contribution in [2.24, 2.45) is 0 Å². The Hall–Kier alpha value is -3.09. The lowest BCUT2D eigenvalue weighted by Crippen LogP contribution is -2.51. The normalized spacial score (nSPS) is 15.0. The van der Waals surface area contributed by atoms with Crippen LogP contribution in [0.5, 0.6) is 11.5 Å². The molecule has 0 spiro atoms. The highest BCUT2D eigenvalue weighted by molar-refractivity contribution is 5.88. The van der Waals surface area contributed by atoms with Crippen molar-refractivity contribution in [3.63, 3.8) is 0 Å². The summed E-state index contributed by atoms with van der Waals surface area (Å²) in [4.78, 5) is 27.6. The lowest BCUT2D eigenvalue weighted by molar-refractivity contribution is -0.142.